The van der Waals surface area contributed by atoms with Gasteiger partial charge in [0.15, 0.2) is 0 Å². The number of benzene rings is 1. The van der Waals surface area contributed by atoms with Gasteiger partial charge in [0, 0.05) is 32.0 Å². The summed E-state index contributed by atoms with van der Waals surface area (Å²) in [5.41, 5.74) is 1.85. The van der Waals surface area contributed by atoms with Crippen LogP contribution in [0.5, 0.6) is 5.75 Å². The molecule has 1 N–H and O–H groups in total. The predicted octanol–water partition coefficient (Wildman–Crippen LogP) is 3.82. The van der Waals surface area contributed by atoms with Gasteiger partial charge in [-0.05, 0) is 62.8 Å². The number of nitrogens with zero attached hydrogens (tertiary/aromatic N) is 1. The molecule has 1 aliphatic rings. The van der Waals surface area contributed by atoms with Crippen LogP contribution in [0.25, 0.3) is 0 Å². The number of hydrogen-bond donors (Lipinski definition) is 1. The van der Waals surface area contributed by atoms with E-state index >= 15 is 0 Å². The lowest BCUT2D eigenvalue weighted by Crippen LogP contribution is -2.46. The first-order valence-electron chi connectivity index (χ1n) is 8.37. The number of nitrogens with one attached hydrogen (secondary N) is 1. The van der Waals surface area contributed by atoms with Gasteiger partial charge < -0.3 is 19.7 Å². The van der Waals surface area contributed by atoms with Crippen LogP contribution in [0.1, 0.15) is 37.7 Å². The highest BCUT2D eigenvalue weighted by Crippen LogP contribution is 2.24. The van der Waals surface area contributed by atoms with E-state index in [4.69, 9.17) is 9.47 Å². The molecule has 0 radical (unpaired) electrons. The van der Waals surface area contributed by atoms with Crippen LogP contribution in [-0.4, -0.2) is 44.3 Å². The second kappa shape index (κ2) is 8.77. The average Bonchev–Trinajstić information content (AvgIpc) is 2.57. The number of amides is 2. The third-order valence-corrected chi connectivity index (χ3v) is 4.45. The molecule has 0 spiro atoms. The molecule has 1 heterocycles. The van der Waals surface area contributed by atoms with E-state index in [2.05, 4.69) is 5.32 Å². The summed E-state index contributed by atoms with van der Waals surface area (Å²) in [6.07, 6.45) is 5.35. The van der Waals surface area contributed by atoms with E-state index in [0.29, 0.717) is 6.04 Å². The molecule has 1 aromatic carbocycles. The summed E-state index contributed by atoms with van der Waals surface area (Å²) in [5.74, 6) is 0.802. The summed E-state index contributed by atoms with van der Waals surface area (Å²) in [5, 5.41) is 3.05. The van der Waals surface area contributed by atoms with Crippen LogP contribution in [0, 0.1) is 6.92 Å². The Morgan fingerprint density at radius 3 is 2.87 bits per heavy atom. The van der Waals surface area contributed by atoms with Crippen LogP contribution >= 0.6 is 0 Å². The van der Waals surface area contributed by atoms with Gasteiger partial charge in [-0.25, -0.2) is 4.79 Å². The summed E-state index contributed by atoms with van der Waals surface area (Å²) in [6.45, 7) is 3.56. The van der Waals surface area contributed by atoms with Crippen LogP contribution in [0.3, 0.4) is 0 Å². The van der Waals surface area contributed by atoms with Crippen molar-refractivity contribution in [1.29, 1.82) is 0 Å². The van der Waals surface area contributed by atoms with Crippen LogP contribution < -0.4 is 10.1 Å². The number of ether oxygens (including phenoxy) is 2. The fourth-order valence-corrected chi connectivity index (χ4v) is 3.12. The Kier molecular flexibility index (Phi) is 6.71. The lowest BCUT2D eigenvalue weighted by atomic mass is 9.98. The van der Waals surface area contributed by atoms with E-state index in [0.717, 1.165) is 55.8 Å². The zero-order chi connectivity index (χ0) is 16.7. The summed E-state index contributed by atoms with van der Waals surface area (Å²) in [6, 6.07) is 6.02. The maximum absolute atomic E-state index is 12.7. The minimum Gasteiger partial charge on any atom is -0.497 e. The van der Waals surface area contributed by atoms with E-state index < -0.39 is 0 Å². The van der Waals surface area contributed by atoms with E-state index in [1.165, 1.54) is 6.42 Å². The molecule has 1 saturated heterocycles. The maximum atomic E-state index is 12.7. The summed E-state index contributed by atoms with van der Waals surface area (Å²) < 4.78 is 10.3. The van der Waals surface area contributed by atoms with Crippen molar-refractivity contribution in [3.63, 3.8) is 0 Å². The van der Waals surface area contributed by atoms with Gasteiger partial charge in [-0.1, -0.05) is 0 Å². The Bertz CT molecular complexity index is 519. The topological polar surface area (TPSA) is 50.8 Å². The molecule has 1 aliphatic heterocycles. The van der Waals surface area contributed by atoms with E-state index in [1.807, 2.05) is 30.0 Å². The van der Waals surface area contributed by atoms with Gasteiger partial charge in [-0.15, -0.1) is 0 Å². The molecule has 2 rings (SSSR count). The Hall–Kier alpha value is -1.75. The van der Waals surface area contributed by atoms with Crippen LogP contribution in [0.15, 0.2) is 18.2 Å². The molecule has 0 aromatic heterocycles. The number of aryl methyl sites for hydroxylation is 1. The predicted molar refractivity (Wildman–Crippen MR) is 92.2 cm³/mol. The van der Waals surface area contributed by atoms with Crippen molar-refractivity contribution in [2.24, 2.45) is 0 Å². The first-order chi connectivity index (χ1) is 11.2. The fraction of sp³-hybridized carbons (Fsp3) is 0.611. The minimum atomic E-state index is 0.000355. The summed E-state index contributed by atoms with van der Waals surface area (Å²) >= 11 is 0. The molecule has 0 bridgehead atoms. The third-order valence-electron chi connectivity index (χ3n) is 4.45. The fourth-order valence-electron chi connectivity index (χ4n) is 3.12. The van der Waals surface area contributed by atoms with Crippen LogP contribution in [0.4, 0.5) is 10.5 Å². The maximum Gasteiger partial charge on any atom is 0.322 e. The summed E-state index contributed by atoms with van der Waals surface area (Å²) in [7, 11) is 3.36. The lowest BCUT2D eigenvalue weighted by Gasteiger charge is -2.36. The van der Waals surface area contributed by atoms with Gasteiger partial charge in [0.2, 0.25) is 0 Å². The zero-order valence-corrected chi connectivity index (χ0v) is 14.4. The Morgan fingerprint density at radius 1 is 1.35 bits per heavy atom. The highest BCUT2D eigenvalue weighted by atomic mass is 16.5. The standard InChI is InChI=1S/C18H28N2O3/c1-14-13-16(23-3)9-10-17(14)19-18(21)20-11-5-4-7-15(20)8-6-12-22-2/h9-10,13,15H,4-8,11-12H2,1-3H3,(H,19,21). The number of carbonyl (C=O) groups is 1. The van der Waals surface area contributed by atoms with Crippen molar-refractivity contribution in [2.75, 3.05) is 32.7 Å². The van der Waals surface area contributed by atoms with Crippen molar-refractivity contribution in [3.8, 4) is 5.75 Å². The largest absolute Gasteiger partial charge is 0.497 e. The van der Waals surface area contributed by atoms with Crippen molar-refractivity contribution < 1.29 is 14.3 Å². The monoisotopic (exact) mass is 320 g/mol. The molecular weight excluding hydrogens is 292 g/mol. The second-order valence-corrected chi connectivity index (χ2v) is 6.09. The van der Waals surface area contributed by atoms with Gasteiger partial charge in [-0.3, -0.25) is 0 Å². The first-order valence-corrected chi connectivity index (χ1v) is 8.37. The number of rotatable bonds is 6. The molecular formula is C18H28N2O3. The second-order valence-electron chi connectivity index (χ2n) is 6.09. The molecule has 0 aliphatic carbocycles. The molecule has 1 unspecified atom stereocenters. The molecule has 1 atom stereocenters. The Balaban J connectivity index is 1.99. The quantitative estimate of drug-likeness (QED) is 0.811. The molecule has 5 heteroatoms. The molecule has 0 saturated carbocycles. The van der Waals surface area contributed by atoms with Gasteiger partial charge in [0.1, 0.15) is 5.75 Å². The molecule has 5 nitrogen and oxygen atoms in total. The highest BCUT2D eigenvalue weighted by molar-refractivity contribution is 5.90. The third kappa shape index (κ3) is 4.86. The number of urea groups is 1. The molecule has 128 valence electrons. The normalized spacial score (nSPS) is 17.9. The van der Waals surface area contributed by atoms with Crippen molar-refractivity contribution in [1.82, 2.24) is 4.90 Å². The lowest BCUT2D eigenvalue weighted by molar-refractivity contribution is 0.141. The number of carbonyl (C=O) groups excluding carboxylic acids is 1. The average molecular weight is 320 g/mol. The van der Waals surface area contributed by atoms with E-state index in [-0.39, 0.29) is 6.03 Å². The zero-order valence-electron chi connectivity index (χ0n) is 14.4. The Morgan fingerprint density at radius 2 is 2.17 bits per heavy atom. The number of piperidine rings is 1. The molecule has 2 amide bonds. The van der Waals surface area contributed by atoms with Crippen molar-refractivity contribution >= 4 is 11.7 Å². The SMILES string of the molecule is COCCCC1CCCCN1C(=O)Nc1ccc(OC)cc1C. The smallest absolute Gasteiger partial charge is 0.322 e. The van der Waals surface area contributed by atoms with Crippen molar-refractivity contribution in [3.05, 3.63) is 23.8 Å². The first kappa shape index (κ1) is 17.6. The van der Waals surface area contributed by atoms with Gasteiger partial charge in [0.25, 0.3) is 0 Å². The number of anilines is 1. The number of likely N-dealkylation sites (tertiary alicyclic amines) is 1. The summed E-state index contributed by atoms with van der Waals surface area (Å²) in [4.78, 5) is 14.7. The highest BCUT2D eigenvalue weighted by Gasteiger charge is 2.26. The van der Waals surface area contributed by atoms with E-state index in [1.54, 1.807) is 14.2 Å². The van der Waals surface area contributed by atoms with Gasteiger partial charge in [0.05, 0.1) is 7.11 Å². The van der Waals surface area contributed by atoms with Crippen molar-refractivity contribution in [2.45, 2.75) is 45.1 Å². The number of methoxy groups -OCH3 is 2. The molecule has 23 heavy (non-hydrogen) atoms. The minimum absolute atomic E-state index is 0.000355. The van der Waals surface area contributed by atoms with Crippen LogP contribution in [0.2, 0.25) is 0 Å². The van der Waals surface area contributed by atoms with Crippen LogP contribution in [-0.2, 0) is 4.74 Å². The molecule has 1 aromatic rings. The van der Waals surface area contributed by atoms with E-state index in [9.17, 15) is 4.79 Å². The number of hydrogen-bond acceptors (Lipinski definition) is 3. The van der Waals surface area contributed by atoms with Gasteiger partial charge >= 0.3 is 6.03 Å². The molecule has 1 fully saturated rings. The van der Waals surface area contributed by atoms with Gasteiger partial charge in [-0.2, -0.15) is 0 Å². The Labute approximate surface area is 139 Å².